The summed E-state index contributed by atoms with van der Waals surface area (Å²) >= 11 is 0. The molecule has 11 heavy (non-hydrogen) atoms. The lowest BCUT2D eigenvalue weighted by molar-refractivity contribution is 0.755. The minimum Gasteiger partial charge on any atom is -0.370 e. The third-order valence-corrected chi connectivity index (χ3v) is 0.907. The van der Waals surface area contributed by atoms with Crippen LogP contribution < -0.4 is 17.2 Å². The predicted octanol–water partition coefficient (Wildman–Crippen LogP) is -0.158. The number of hydrogen-bond donors (Lipinski definition) is 3. The normalized spacial score (nSPS) is 7.36. The van der Waals surface area contributed by atoms with Gasteiger partial charge in [-0.25, -0.2) is 0 Å². The highest BCUT2D eigenvalue weighted by atomic mass is 35.5. The standard InChI is InChI=1S/C5H14N4.2ClH/c6-3-1-2-4-9-5(7)8;;/h1-4,6H2,(H4,7,8,9);2*1H/i5+1,7+1,8+1;;. The molecule has 0 heterocycles. The van der Waals surface area contributed by atoms with Gasteiger partial charge in [0.1, 0.15) is 0 Å². The van der Waals surface area contributed by atoms with Gasteiger partial charge in [-0.3, -0.25) is 4.99 Å². The van der Waals surface area contributed by atoms with Crippen LogP contribution >= 0.6 is 24.8 Å². The van der Waals surface area contributed by atoms with E-state index in [1.165, 1.54) is 0 Å². The Kier molecular flexibility index (Phi) is 19.4. The molecule has 0 bridgehead atoms. The Balaban J connectivity index is -0.000000320. The van der Waals surface area contributed by atoms with Crippen LogP contribution in [0, 0.1) is 0 Å². The number of aliphatic imine (C=N–C) groups is 1. The van der Waals surface area contributed by atoms with Crippen LogP contribution in [0.2, 0.25) is 0 Å². The lowest BCUT2D eigenvalue weighted by Gasteiger charge is -1.92. The van der Waals surface area contributed by atoms with Crippen molar-refractivity contribution in [1.29, 1.82) is 0 Å². The van der Waals surface area contributed by atoms with Gasteiger partial charge in [0, 0.05) is 6.54 Å². The molecule has 0 aliphatic carbocycles. The lowest BCUT2D eigenvalue weighted by atomic mass is 10.3. The van der Waals surface area contributed by atoms with E-state index in [2.05, 4.69) is 4.99 Å². The summed E-state index contributed by atoms with van der Waals surface area (Å²) in [6.07, 6.45) is 1.95. The Morgan fingerprint density at radius 2 is 1.64 bits per heavy atom. The number of halogens is 2. The van der Waals surface area contributed by atoms with Crippen molar-refractivity contribution in [1.82, 2.24) is 0 Å². The molecular weight excluding hydrogens is 190 g/mol. The van der Waals surface area contributed by atoms with Crippen LogP contribution in [-0.4, -0.2) is 19.0 Å². The quantitative estimate of drug-likeness (QED) is 0.196. The first-order valence-corrected chi connectivity index (χ1v) is 3.03. The molecule has 0 amide bonds. The molecule has 4 nitrogen and oxygen atoms in total. The first-order valence-electron chi connectivity index (χ1n) is 3.03. The second kappa shape index (κ2) is 12.5. The summed E-state index contributed by atoms with van der Waals surface area (Å²) in [7, 11) is 0. The van der Waals surface area contributed by atoms with Crippen molar-refractivity contribution in [2.45, 2.75) is 12.8 Å². The first kappa shape index (κ1) is 17.1. The van der Waals surface area contributed by atoms with Gasteiger partial charge in [0.15, 0.2) is 5.96 Å². The van der Waals surface area contributed by atoms with Crippen LogP contribution in [0.5, 0.6) is 0 Å². The molecule has 6 heteroatoms. The predicted molar refractivity (Wildman–Crippen MR) is 53.5 cm³/mol. The van der Waals surface area contributed by atoms with Gasteiger partial charge >= 0.3 is 0 Å². The summed E-state index contributed by atoms with van der Waals surface area (Å²) in [5, 5.41) is 0. The first-order chi connectivity index (χ1) is 4.27. The van der Waals surface area contributed by atoms with Gasteiger partial charge in [0.25, 0.3) is 0 Å². The van der Waals surface area contributed by atoms with E-state index in [4.69, 9.17) is 17.2 Å². The van der Waals surface area contributed by atoms with Crippen LogP contribution in [0.1, 0.15) is 12.8 Å². The fourth-order valence-corrected chi connectivity index (χ4v) is 0.464. The topological polar surface area (TPSA) is 90.4 Å². The smallest absolute Gasteiger partial charge is 0.185 e. The average molecular weight is 206 g/mol. The zero-order valence-corrected chi connectivity index (χ0v) is 7.96. The van der Waals surface area contributed by atoms with Crippen LogP contribution in [0.4, 0.5) is 0 Å². The fraction of sp³-hybridized carbons (Fsp3) is 0.800. The molecule has 0 aromatic rings. The van der Waals surface area contributed by atoms with Crippen LogP contribution in [0.3, 0.4) is 0 Å². The van der Waals surface area contributed by atoms with Crippen molar-refractivity contribution in [2.24, 2.45) is 22.2 Å². The van der Waals surface area contributed by atoms with Crippen LogP contribution in [0.25, 0.3) is 0 Å². The minimum absolute atomic E-state index is 0. The number of hydrogen-bond acceptors (Lipinski definition) is 2. The van der Waals surface area contributed by atoms with E-state index in [-0.39, 0.29) is 30.8 Å². The molecule has 0 spiro atoms. The summed E-state index contributed by atoms with van der Waals surface area (Å²) in [6, 6.07) is 0. The van der Waals surface area contributed by atoms with E-state index in [0.29, 0.717) is 13.1 Å². The molecule has 0 rings (SSSR count). The van der Waals surface area contributed by atoms with Crippen molar-refractivity contribution >= 4 is 30.8 Å². The van der Waals surface area contributed by atoms with Crippen molar-refractivity contribution in [2.75, 3.05) is 13.1 Å². The molecule has 0 aromatic carbocycles. The van der Waals surface area contributed by atoms with Gasteiger partial charge in [0.05, 0.1) is 0 Å². The summed E-state index contributed by atoms with van der Waals surface area (Å²) in [4.78, 5) is 3.78. The summed E-state index contributed by atoms with van der Waals surface area (Å²) in [5.74, 6) is 0.159. The maximum atomic E-state index is 5.23. The third kappa shape index (κ3) is 17.7. The van der Waals surface area contributed by atoms with E-state index < -0.39 is 0 Å². The minimum atomic E-state index is 0. The van der Waals surface area contributed by atoms with Crippen LogP contribution in [0.15, 0.2) is 4.99 Å². The summed E-state index contributed by atoms with van der Waals surface area (Å²) in [5.41, 5.74) is 15.4. The number of unbranched alkanes of at least 4 members (excludes halogenated alkanes) is 1. The Morgan fingerprint density at radius 1 is 1.09 bits per heavy atom. The molecule has 6 N–H and O–H groups in total. The van der Waals surface area contributed by atoms with Gasteiger partial charge in [-0.2, -0.15) is 0 Å². The molecule has 0 radical (unpaired) electrons. The Bertz CT molecular complexity index is 92.5. The fourth-order valence-electron chi connectivity index (χ4n) is 0.464. The zero-order valence-electron chi connectivity index (χ0n) is 6.32. The second-order valence-electron chi connectivity index (χ2n) is 1.80. The van der Waals surface area contributed by atoms with Gasteiger partial charge < -0.3 is 17.2 Å². The molecule has 0 saturated carbocycles. The lowest BCUT2D eigenvalue weighted by Crippen LogP contribution is -2.23. The van der Waals surface area contributed by atoms with Gasteiger partial charge in [-0.15, -0.1) is 24.8 Å². The van der Waals surface area contributed by atoms with E-state index in [1.807, 2.05) is 0 Å². The molecule has 0 atom stereocenters. The monoisotopic (exact) mass is 205 g/mol. The van der Waals surface area contributed by atoms with Crippen molar-refractivity contribution < 1.29 is 0 Å². The molecule has 0 saturated heterocycles. The molecule has 70 valence electrons. The average Bonchev–Trinajstić information content (AvgIpc) is 1.80. The largest absolute Gasteiger partial charge is 0.370 e. The molecular formula is C5H16Cl2N4. The zero-order chi connectivity index (χ0) is 7.11. The number of rotatable bonds is 4. The molecule has 0 unspecified atom stereocenters. The number of nitrogens with zero attached hydrogens (tertiary/aromatic N) is 1. The third-order valence-electron chi connectivity index (χ3n) is 0.907. The van der Waals surface area contributed by atoms with Crippen molar-refractivity contribution in [3.05, 3.63) is 0 Å². The van der Waals surface area contributed by atoms with Crippen molar-refractivity contribution in [3.8, 4) is 0 Å². The van der Waals surface area contributed by atoms with E-state index >= 15 is 0 Å². The number of guanidine groups is 1. The van der Waals surface area contributed by atoms with Gasteiger partial charge in [-0.05, 0) is 19.4 Å². The molecule has 0 aromatic heterocycles. The highest BCUT2D eigenvalue weighted by Gasteiger charge is 1.82. The van der Waals surface area contributed by atoms with E-state index in [1.54, 1.807) is 0 Å². The molecule has 0 fully saturated rings. The highest BCUT2D eigenvalue weighted by Crippen LogP contribution is 1.84. The Morgan fingerprint density at radius 3 is 2.00 bits per heavy atom. The Labute approximate surface area is 79.4 Å². The highest BCUT2D eigenvalue weighted by molar-refractivity contribution is 5.85. The SMILES string of the molecule is Cl.Cl.NCCCCN=[13C]([15NH2])[15NH2]. The van der Waals surface area contributed by atoms with Gasteiger partial charge in [0.2, 0.25) is 0 Å². The summed E-state index contributed by atoms with van der Waals surface area (Å²) in [6.45, 7) is 1.40. The molecule has 0 aliphatic heterocycles. The van der Waals surface area contributed by atoms with Crippen LogP contribution in [-0.2, 0) is 0 Å². The van der Waals surface area contributed by atoms with Gasteiger partial charge in [-0.1, -0.05) is 0 Å². The second-order valence-corrected chi connectivity index (χ2v) is 1.80. The maximum absolute atomic E-state index is 5.23. The van der Waals surface area contributed by atoms with Crippen molar-refractivity contribution in [3.63, 3.8) is 0 Å². The maximum Gasteiger partial charge on any atom is 0.185 e. The van der Waals surface area contributed by atoms with E-state index in [0.717, 1.165) is 12.8 Å². The van der Waals surface area contributed by atoms with E-state index in [9.17, 15) is 0 Å². The summed E-state index contributed by atoms with van der Waals surface area (Å²) < 4.78 is 0. The number of nitrogens with two attached hydrogens (primary N) is 3. The molecule has 0 aliphatic rings. The Hall–Kier alpha value is -0.190.